The van der Waals surface area contributed by atoms with E-state index in [0.29, 0.717) is 30.5 Å². The highest BCUT2D eigenvalue weighted by molar-refractivity contribution is 6.10. The molecular weight excluding hydrogens is 406 g/mol. The van der Waals surface area contributed by atoms with Crippen LogP contribution >= 0.6 is 0 Å². The lowest BCUT2D eigenvalue weighted by Crippen LogP contribution is -2.62. The predicted octanol–water partition coefficient (Wildman–Crippen LogP) is 3.65. The minimum Gasteiger partial charge on any atom is -0.496 e. The number of methoxy groups -OCH3 is 1. The molecule has 1 fully saturated rings. The van der Waals surface area contributed by atoms with E-state index in [1.165, 1.54) is 0 Å². The molecule has 2 aromatic carbocycles. The minimum absolute atomic E-state index is 0.00382. The Morgan fingerprint density at radius 2 is 1.88 bits per heavy atom. The molecule has 3 amide bonds. The molecule has 4 rings (SSSR count). The molecule has 2 unspecified atom stereocenters. The maximum Gasteiger partial charge on any atom is 0.257 e. The van der Waals surface area contributed by atoms with Gasteiger partial charge in [0.1, 0.15) is 11.4 Å². The summed E-state index contributed by atoms with van der Waals surface area (Å²) in [6, 6.07) is 14.6. The number of benzene rings is 2. The van der Waals surface area contributed by atoms with E-state index in [1.807, 2.05) is 50.2 Å². The van der Waals surface area contributed by atoms with Crippen molar-refractivity contribution in [2.75, 3.05) is 18.6 Å². The van der Waals surface area contributed by atoms with E-state index in [0.717, 1.165) is 11.3 Å². The molecule has 7 heteroatoms. The van der Waals surface area contributed by atoms with Crippen LogP contribution < -0.4 is 15.0 Å². The summed E-state index contributed by atoms with van der Waals surface area (Å²) in [5, 5.41) is 3.07. The average Bonchev–Trinajstić information content (AvgIpc) is 3.12. The minimum atomic E-state index is -0.754. The zero-order valence-electron chi connectivity index (χ0n) is 18.8. The van der Waals surface area contributed by atoms with E-state index in [-0.39, 0.29) is 36.7 Å². The van der Waals surface area contributed by atoms with E-state index < -0.39 is 5.66 Å². The molecule has 1 N–H and O–H groups in total. The molecule has 0 bridgehead atoms. The summed E-state index contributed by atoms with van der Waals surface area (Å²) in [4.78, 5) is 42.3. The molecule has 1 saturated heterocycles. The monoisotopic (exact) mass is 435 g/mol. The molecule has 168 valence electrons. The lowest BCUT2D eigenvalue weighted by molar-refractivity contribution is -0.122. The van der Waals surface area contributed by atoms with Gasteiger partial charge in [0.05, 0.1) is 24.4 Å². The number of hydrogen-bond donors (Lipinski definition) is 1. The van der Waals surface area contributed by atoms with E-state index in [4.69, 9.17) is 4.74 Å². The van der Waals surface area contributed by atoms with E-state index in [2.05, 4.69) is 5.32 Å². The number of rotatable bonds is 7. The van der Waals surface area contributed by atoms with Gasteiger partial charge >= 0.3 is 0 Å². The molecule has 2 aliphatic rings. The predicted molar refractivity (Wildman–Crippen MR) is 121 cm³/mol. The zero-order valence-corrected chi connectivity index (χ0v) is 18.8. The Kier molecular flexibility index (Phi) is 5.91. The van der Waals surface area contributed by atoms with E-state index in [1.54, 1.807) is 29.0 Å². The second-order valence-corrected chi connectivity index (χ2v) is 8.44. The fraction of sp³-hybridized carbons (Fsp3) is 0.400. The van der Waals surface area contributed by atoms with Crippen molar-refractivity contribution in [3.05, 3.63) is 59.7 Å². The van der Waals surface area contributed by atoms with Crippen LogP contribution in [-0.2, 0) is 9.59 Å². The fourth-order valence-electron chi connectivity index (χ4n) is 4.88. The molecule has 7 nitrogen and oxygen atoms in total. The highest BCUT2D eigenvalue weighted by atomic mass is 16.5. The van der Waals surface area contributed by atoms with Gasteiger partial charge in [-0.15, -0.1) is 0 Å². The Hall–Kier alpha value is -3.35. The number of ether oxygens (including phenoxy) is 1. The van der Waals surface area contributed by atoms with Gasteiger partial charge in [-0.2, -0.15) is 0 Å². The van der Waals surface area contributed by atoms with Crippen LogP contribution in [0.15, 0.2) is 48.5 Å². The molecule has 2 aliphatic heterocycles. The van der Waals surface area contributed by atoms with Crippen LogP contribution in [0.4, 0.5) is 5.69 Å². The Morgan fingerprint density at radius 1 is 1.16 bits per heavy atom. The fourth-order valence-corrected chi connectivity index (χ4v) is 4.88. The number of nitrogens with zero attached hydrogens (tertiary/aromatic N) is 2. The molecule has 0 radical (unpaired) electrons. The third-order valence-electron chi connectivity index (χ3n) is 6.57. The zero-order chi connectivity index (χ0) is 22.9. The normalized spacial score (nSPS) is 20.6. The first-order valence-electron chi connectivity index (χ1n) is 11.1. The smallest absolute Gasteiger partial charge is 0.257 e. The van der Waals surface area contributed by atoms with Crippen LogP contribution in [0.25, 0.3) is 0 Å². The number of carbonyl (C=O) groups is 3. The molecule has 2 atom stereocenters. The van der Waals surface area contributed by atoms with Crippen LogP contribution in [0.5, 0.6) is 5.75 Å². The van der Waals surface area contributed by atoms with Crippen LogP contribution in [0.3, 0.4) is 0 Å². The van der Waals surface area contributed by atoms with Crippen molar-refractivity contribution >= 4 is 23.4 Å². The maximum atomic E-state index is 13.3. The summed E-state index contributed by atoms with van der Waals surface area (Å²) in [6.07, 6.45) is 1.79. The van der Waals surface area contributed by atoms with Crippen molar-refractivity contribution in [2.24, 2.45) is 0 Å². The van der Waals surface area contributed by atoms with Crippen LogP contribution in [-0.4, -0.2) is 41.9 Å². The largest absolute Gasteiger partial charge is 0.496 e. The van der Waals surface area contributed by atoms with Crippen molar-refractivity contribution in [2.45, 2.75) is 51.2 Å². The van der Waals surface area contributed by atoms with Crippen molar-refractivity contribution in [1.82, 2.24) is 10.2 Å². The van der Waals surface area contributed by atoms with E-state index >= 15 is 0 Å². The standard InChI is InChI=1S/C25H29N3O4/c1-4-19(17-9-6-8-12-21(17)32-3)26-22(29)14-16-27-24(31)18-10-5-7-11-20(18)28-23(30)13-15-25(27,28)2/h5-12,19H,4,13-16H2,1-3H3,(H,26,29). The summed E-state index contributed by atoms with van der Waals surface area (Å²) in [5.41, 5.74) is 1.33. The van der Waals surface area contributed by atoms with Gasteiger partial charge in [-0.1, -0.05) is 37.3 Å². The summed E-state index contributed by atoms with van der Waals surface area (Å²) in [7, 11) is 1.61. The highest BCUT2D eigenvalue weighted by Gasteiger charge is 2.52. The molecular formula is C25H29N3O4. The number of para-hydroxylation sites is 2. The second-order valence-electron chi connectivity index (χ2n) is 8.44. The molecule has 2 heterocycles. The third kappa shape index (κ3) is 3.61. The SMILES string of the molecule is CCC(NC(=O)CCN1C(=O)c2ccccc2N2C(=O)CCC12C)c1ccccc1OC. The van der Waals surface area contributed by atoms with Gasteiger partial charge in [-0.3, -0.25) is 19.3 Å². The first kappa shape index (κ1) is 21.9. The topological polar surface area (TPSA) is 79.0 Å². The quantitative estimate of drug-likeness (QED) is 0.720. The first-order chi connectivity index (χ1) is 15.4. The second kappa shape index (κ2) is 8.65. The van der Waals surface area contributed by atoms with Crippen LogP contribution in [0.1, 0.15) is 61.5 Å². The molecule has 2 aromatic rings. The van der Waals surface area contributed by atoms with Gasteiger partial charge in [0, 0.05) is 24.9 Å². The lowest BCUT2D eigenvalue weighted by atomic mass is 9.98. The van der Waals surface area contributed by atoms with Crippen molar-refractivity contribution < 1.29 is 19.1 Å². The number of amides is 3. The van der Waals surface area contributed by atoms with Gasteiger partial charge in [-0.25, -0.2) is 0 Å². The van der Waals surface area contributed by atoms with Crippen LogP contribution in [0.2, 0.25) is 0 Å². The van der Waals surface area contributed by atoms with Gasteiger partial charge in [0.15, 0.2) is 0 Å². The van der Waals surface area contributed by atoms with Gasteiger partial charge in [-0.05, 0) is 38.0 Å². The molecule has 32 heavy (non-hydrogen) atoms. The maximum absolute atomic E-state index is 13.3. The molecule has 0 spiro atoms. The number of carbonyl (C=O) groups excluding carboxylic acids is 3. The van der Waals surface area contributed by atoms with Crippen molar-refractivity contribution in [1.29, 1.82) is 0 Å². The highest BCUT2D eigenvalue weighted by Crippen LogP contribution is 2.44. The molecule has 0 aromatic heterocycles. The van der Waals surface area contributed by atoms with Gasteiger partial charge < -0.3 is 15.0 Å². The number of nitrogens with one attached hydrogen (secondary N) is 1. The first-order valence-corrected chi connectivity index (χ1v) is 11.1. The average molecular weight is 436 g/mol. The Labute approximate surface area is 188 Å². The van der Waals surface area contributed by atoms with Gasteiger partial charge in [0.2, 0.25) is 11.8 Å². The molecule has 0 saturated carbocycles. The third-order valence-corrected chi connectivity index (χ3v) is 6.57. The molecule has 0 aliphatic carbocycles. The number of anilines is 1. The summed E-state index contributed by atoms with van der Waals surface area (Å²) < 4.78 is 5.44. The summed E-state index contributed by atoms with van der Waals surface area (Å²) in [5.74, 6) is 0.451. The van der Waals surface area contributed by atoms with Crippen molar-refractivity contribution in [3.8, 4) is 5.75 Å². The number of fused-ring (bicyclic) bond motifs is 3. The lowest BCUT2D eigenvalue weighted by Gasteiger charge is -2.48. The summed E-state index contributed by atoms with van der Waals surface area (Å²) >= 11 is 0. The number of hydrogen-bond acceptors (Lipinski definition) is 4. The summed E-state index contributed by atoms with van der Waals surface area (Å²) in [6.45, 7) is 4.15. The Bertz CT molecular complexity index is 1050. The Balaban J connectivity index is 1.51. The Morgan fingerprint density at radius 3 is 2.62 bits per heavy atom. The van der Waals surface area contributed by atoms with E-state index in [9.17, 15) is 14.4 Å². The van der Waals surface area contributed by atoms with Gasteiger partial charge in [0.25, 0.3) is 5.91 Å². The van der Waals surface area contributed by atoms with Crippen LogP contribution in [0, 0.1) is 0 Å². The van der Waals surface area contributed by atoms with Crippen molar-refractivity contribution in [3.63, 3.8) is 0 Å².